The molecule has 0 atom stereocenters. The van der Waals surface area contributed by atoms with Crippen LogP contribution in [0.3, 0.4) is 0 Å². The van der Waals surface area contributed by atoms with Crippen molar-refractivity contribution in [1.82, 2.24) is 20.1 Å². The molecule has 0 radical (unpaired) electrons. The van der Waals surface area contributed by atoms with Gasteiger partial charge in [-0.1, -0.05) is 12.1 Å². The summed E-state index contributed by atoms with van der Waals surface area (Å²) in [7, 11) is 0. The topological polar surface area (TPSA) is 107 Å². The molecule has 1 aromatic heterocycles. The Labute approximate surface area is 229 Å². The lowest BCUT2D eigenvalue weighted by Gasteiger charge is -2.36. The van der Waals surface area contributed by atoms with E-state index in [2.05, 4.69) is 51.0 Å². The van der Waals surface area contributed by atoms with Gasteiger partial charge in [-0.2, -0.15) is 0 Å². The third-order valence-corrected chi connectivity index (χ3v) is 7.93. The average molecular weight is 535 g/mol. The van der Waals surface area contributed by atoms with Crippen molar-refractivity contribution in [3.63, 3.8) is 0 Å². The molecule has 0 unspecified atom stereocenters. The molecule has 2 aromatic carbocycles. The maximum absolute atomic E-state index is 12.4. The number of H-pyrrole nitrogens is 1. The number of alkyl carbamates (subject to hydrolysis) is 1. The number of amides is 1. The molecule has 2 N–H and O–H groups in total. The molecule has 3 heterocycles. The Bertz CT molecular complexity index is 1290. The Morgan fingerprint density at radius 3 is 2.56 bits per heavy atom. The zero-order chi connectivity index (χ0) is 27.4. The van der Waals surface area contributed by atoms with Crippen molar-refractivity contribution in [2.75, 3.05) is 57.3 Å². The van der Waals surface area contributed by atoms with Crippen LogP contribution in [0.5, 0.6) is 0 Å². The summed E-state index contributed by atoms with van der Waals surface area (Å²) in [5.41, 5.74) is 4.03. The first kappa shape index (κ1) is 27.0. The number of carbonyl (C=O) groups is 1. The van der Waals surface area contributed by atoms with Crippen molar-refractivity contribution in [3.05, 3.63) is 58.6 Å². The Morgan fingerprint density at radius 1 is 1.08 bits per heavy atom. The Kier molecular flexibility index (Phi) is 8.33. The highest BCUT2D eigenvalue weighted by Crippen LogP contribution is 2.30. The van der Waals surface area contributed by atoms with E-state index < -0.39 is 0 Å². The number of piperazine rings is 1. The molecule has 2 fully saturated rings. The Balaban J connectivity index is 1.08. The largest absolute Gasteiger partial charge is 0.448 e. The van der Waals surface area contributed by atoms with Gasteiger partial charge in [-0.05, 0) is 56.5 Å². The van der Waals surface area contributed by atoms with E-state index in [1.165, 1.54) is 6.07 Å². The van der Waals surface area contributed by atoms with Crippen LogP contribution >= 0.6 is 0 Å². The van der Waals surface area contributed by atoms with Gasteiger partial charge in [0.1, 0.15) is 6.61 Å². The minimum atomic E-state index is -0.374. The average Bonchev–Trinajstić information content (AvgIpc) is 3.37. The number of non-ortho nitro benzene ring substituents is 1. The van der Waals surface area contributed by atoms with Gasteiger partial charge in [0, 0.05) is 92.3 Å². The van der Waals surface area contributed by atoms with E-state index in [1.54, 1.807) is 12.1 Å². The van der Waals surface area contributed by atoms with E-state index in [9.17, 15) is 14.9 Å². The van der Waals surface area contributed by atoms with E-state index in [4.69, 9.17) is 4.74 Å². The predicted octanol–water partition coefficient (Wildman–Crippen LogP) is 4.46. The van der Waals surface area contributed by atoms with Crippen molar-refractivity contribution < 1.29 is 14.5 Å². The molecule has 0 aliphatic carbocycles. The highest BCUT2D eigenvalue weighted by molar-refractivity contribution is 5.88. The number of carbonyl (C=O) groups excluding carboxylic acids is 1. The lowest BCUT2D eigenvalue weighted by atomic mass is 10.0. The molecule has 0 bridgehead atoms. The number of hydrogen-bond donors (Lipinski definition) is 2. The minimum absolute atomic E-state index is 0.0855. The number of fused-ring (bicyclic) bond motifs is 1. The van der Waals surface area contributed by atoms with Gasteiger partial charge < -0.3 is 19.9 Å². The smallest absolute Gasteiger partial charge is 0.407 e. The molecular formula is C29H38N6O4. The van der Waals surface area contributed by atoms with Gasteiger partial charge in [-0.15, -0.1) is 0 Å². The van der Waals surface area contributed by atoms with Crippen LogP contribution in [0, 0.1) is 10.1 Å². The second kappa shape index (κ2) is 12.0. The van der Waals surface area contributed by atoms with Gasteiger partial charge in [-0.3, -0.25) is 19.9 Å². The first-order valence-corrected chi connectivity index (χ1v) is 13.9. The third kappa shape index (κ3) is 6.69. The summed E-state index contributed by atoms with van der Waals surface area (Å²) in [4.78, 5) is 33.6. The van der Waals surface area contributed by atoms with Crippen LogP contribution in [0.2, 0.25) is 0 Å². The summed E-state index contributed by atoms with van der Waals surface area (Å²) < 4.78 is 5.48. The second-order valence-electron chi connectivity index (χ2n) is 10.8. The number of nitro groups is 1. The Morgan fingerprint density at radius 2 is 1.85 bits per heavy atom. The lowest BCUT2D eigenvalue weighted by molar-refractivity contribution is -0.384. The highest BCUT2D eigenvalue weighted by atomic mass is 16.6. The minimum Gasteiger partial charge on any atom is -0.448 e. The zero-order valence-electron chi connectivity index (χ0n) is 22.8. The summed E-state index contributed by atoms with van der Waals surface area (Å²) in [6.07, 6.45) is 1.38. The third-order valence-electron chi connectivity index (χ3n) is 7.93. The van der Waals surface area contributed by atoms with Gasteiger partial charge in [0.25, 0.3) is 5.69 Å². The van der Waals surface area contributed by atoms with E-state index in [-0.39, 0.29) is 22.7 Å². The monoisotopic (exact) mass is 534 g/mol. The molecule has 39 heavy (non-hydrogen) atoms. The standard InChI is InChI=1S/C29H38N6O4/c1-21(2)33-14-12-32(13-15-33)16-17-39-29(36)30-24-8-10-34(11-9-24)25-5-3-4-22(18-25)28-20-23-19-26(35(37)38)6-7-27(23)31-28/h3-7,18-21,24,31H,8-17H2,1-2H3,(H,30,36). The second-order valence-corrected chi connectivity index (χ2v) is 10.8. The summed E-state index contributed by atoms with van der Waals surface area (Å²) in [6.45, 7) is 11.5. The number of anilines is 1. The van der Waals surface area contributed by atoms with Crippen LogP contribution < -0.4 is 10.2 Å². The summed E-state index contributed by atoms with van der Waals surface area (Å²) in [5.74, 6) is 0. The van der Waals surface area contributed by atoms with Gasteiger partial charge in [0.15, 0.2) is 0 Å². The quantitative estimate of drug-likeness (QED) is 0.325. The number of nitrogens with one attached hydrogen (secondary N) is 2. The number of aromatic amines is 1. The van der Waals surface area contributed by atoms with Crippen LogP contribution in [0.25, 0.3) is 22.2 Å². The van der Waals surface area contributed by atoms with Gasteiger partial charge in [-0.25, -0.2) is 4.79 Å². The maximum atomic E-state index is 12.4. The fourth-order valence-corrected chi connectivity index (χ4v) is 5.52. The zero-order valence-corrected chi connectivity index (χ0v) is 22.8. The van der Waals surface area contributed by atoms with Gasteiger partial charge >= 0.3 is 6.09 Å². The van der Waals surface area contributed by atoms with E-state index in [0.717, 1.165) is 86.5 Å². The first-order chi connectivity index (χ1) is 18.9. The van der Waals surface area contributed by atoms with Crippen molar-refractivity contribution in [3.8, 4) is 11.3 Å². The fraction of sp³-hybridized carbons (Fsp3) is 0.483. The number of aromatic nitrogens is 1. The summed E-state index contributed by atoms with van der Waals surface area (Å²) in [6, 6.07) is 15.8. The van der Waals surface area contributed by atoms with Crippen LogP contribution in [0.4, 0.5) is 16.2 Å². The normalized spacial score (nSPS) is 17.6. The van der Waals surface area contributed by atoms with E-state index in [1.807, 2.05) is 18.2 Å². The number of nitrogens with zero attached hydrogens (tertiary/aromatic N) is 4. The molecule has 0 spiro atoms. The number of piperidine rings is 1. The molecule has 2 aliphatic heterocycles. The van der Waals surface area contributed by atoms with Crippen LogP contribution in [-0.4, -0.2) is 90.3 Å². The molecule has 2 aliphatic rings. The number of rotatable bonds is 8. The van der Waals surface area contributed by atoms with Crippen LogP contribution in [0.15, 0.2) is 48.5 Å². The van der Waals surface area contributed by atoms with Crippen molar-refractivity contribution in [2.45, 2.75) is 38.8 Å². The first-order valence-electron chi connectivity index (χ1n) is 13.9. The molecule has 208 valence electrons. The molecule has 0 saturated carbocycles. The number of hydrogen-bond acceptors (Lipinski definition) is 7. The van der Waals surface area contributed by atoms with Crippen LogP contribution in [-0.2, 0) is 4.74 Å². The lowest BCUT2D eigenvalue weighted by Crippen LogP contribution is -2.49. The van der Waals surface area contributed by atoms with Gasteiger partial charge in [0.2, 0.25) is 0 Å². The number of benzene rings is 2. The highest BCUT2D eigenvalue weighted by Gasteiger charge is 2.23. The maximum Gasteiger partial charge on any atom is 0.407 e. The van der Waals surface area contributed by atoms with E-state index in [0.29, 0.717) is 12.6 Å². The molecule has 5 rings (SSSR count). The fourth-order valence-electron chi connectivity index (χ4n) is 5.52. The van der Waals surface area contributed by atoms with Crippen molar-refractivity contribution in [1.29, 1.82) is 0 Å². The summed E-state index contributed by atoms with van der Waals surface area (Å²) >= 11 is 0. The molecule has 1 amide bonds. The molecule has 10 nitrogen and oxygen atoms in total. The van der Waals surface area contributed by atoms with Crippen LogP contribution in [0.1, 0.15) is 26.7 Å². The summed E-state index contributed by atoms with van der Waals surface area (Å²) in [5, 5.41) is 15.0. The van der Waals surface area contributed by atoms with Crippen molar-refractivity contribution in [2.24, 2.45) is 0 Å². The molecule has 10 heteroatoms. The van der Waals surface area contributed by atoms with E-state index >= 15 is 0 Å². The molecule has 3 aromatic rings. The van der Waals surface area contributed by atoms with Crippen molar-refractivity contribution >= 4 is 28.4 Å². The predicted molar refractivity (Wildman–Crippen MR) is 153 cm³/mol. The molecular weight excluding hydrogens is 496 g/mol. The SMILES string of the molecule is CC(C)N1CCN(CCOC(=O)NC2CCN(c3cccc(-c4cc5cc([N+](=O)[O-])ccc5[nH]4)c3)CC2)CC1. The molecule has 2 saturated heterocycles. The Hall–Kier alpha value is -3.63. The number of nitro benzene ring substituents is 1. The number of ether oxygens (including phenoxy) is 1. The van der Waals surface area contributed by atoms with Gasteiger partial charge in [0.05, 0.1) is 4.92 Å².